The number of carbonyl (C=O) groups excluding carboxylic acids is 2. The number of benzene rings is 2. The predicted octanol–water partition coefficient (Wildman–Crippen LogP) is 3.57. The van der Waals surface area contributed by atoms with Crippen LogP contribution in [0.5, 0.6) is 0 Å². The van der Waals surface area contributed by atoms with E-state index < -0.39 is 0 Å². The minimum absolute atomic E-state index is 0.156. The van der Waals surface area contributed by atoms with E-state index in [0.717, 1.165) is 11.1 Å². The first-order valence-corrected chi connectivity index (χ1v) is 6.33. The molecule has 0 saturated heterocycles. The van der Waals surface area contributed by atoms with Crippen molar-refractivity contribution >= 4 is 17.4 Å². The largest absolute Gasteiger partial charge is 0.322 e. The van der Waals surface area contributed by atoms with Gasteiger partial charge in [-0.1, -0.05) is 18.2 Å². The molecule has 0 saturated carbocycles. The zero-order chi connectivity index (χ0) is 14.7. The quantitative estimate of drug-likeness (QED) is 0.863. The van der Waals surface area contributed by atoms with Gasteiger partial charge in [0, 0.05) is 23.7 Å². The molecular formula is C17H16NO2. The number of amides is 1. The molecule has 0 unspecified atom stereocenters. The number of hydrogen-bond acceptors (Lipinski definition) is 2. The Morgan fingerprint density at radius 2 is 1.65 bits per heavy atom. The molecule has 2 aromatic rings. The number of aryl methyl sites for hydroxylation is 2. The lowest BCUT2D eigenvalue weighted by atomic mass is 10.0. The smallest absolute Gasteiger partial charge is 0.255 e. The number of anilines is 1. The average Bonchev–Trinajstić information content (AvgIpc) is 2.38. The van der Waals surface area contributed by atoms with E-state index in [1.54, 1.807) is 24.3 Å². The van der Waals surface area contributed by atoms with Crippen LogP contribution in [-0.4, -0.2) is 11.7 Å². The number of nitrogens with one attached hydrogen (secondary N) is 1. The molecule has 1 amide bonds. The zero-order valence-electron chi connectivity index (χ0n) is 11.6. The van der Waals surface area contributed by atoms with Crippen LogP contribution in [0.2, 0.25) is 0 Å². The second-order valence-corrected chi connectivity index (χ2v) is 4.72. The Morgan fingerprint density at radius 3 is 2.25 bits per heavy atom. The molecule has 3 nitrogen and oxygen atoms in total. The SMILES string of the molecule is [CH2]C(=O)c1ccc(NC(=O)c2ccccc2C)cc1C. The molecule has 1 radical (unpaired) electrons. The van der Waals surface area contributed by atoms with E-state index in [1.807, 2.05) is 32.0 Å². The van der Waals surface area contributed by atoms with E-state index in [0.29, 0.717) is 16.8 Å². The van der Waals surface area contributed by atoms with Crippen LogP contribution in [0.25, 0.3) is 0 Å². The summed E-state index contributed by atoms with van der Waals surface area (Å²) in [7, 11) is 0. The van der Waals surface area contributed by atoms with E-state index in [2.05, 4.69) is 12.2 Å². The Kier molecular flexibility index (Phi) is 3.99. The van der Waals surface area contributed by atoms with Gasteiger partial charge in [-0.15, -0.1) is 0 Å². The van der Waals surface area contributed by atoms with Crippen molar-refractivity contribution < 1.29 is 9.59 Å². The topological polar surface area (TPSA) is 46.2 Å². The van der Waals surface area contributed by atoms with Gasteiger partial charge in [0.15, 0.2) is 5.78 Å². The van der Waals surface area contributed by atoms with Crippen molar-refractivity contribution in [1.82, 2.24) is 0 Å². The van der Waals surface area contributed by atoms with Crippen LogP contribution in [0.15, 0.2) is 42.5 Å². The molecule has 0 bridgehead atoms. The van der Waals surface area contributed by atoms with Gasteiger partial charge in [0.05, 0.1) is 0 Å². The van der Waals surface area contributed by atoms with Crippen molar-refractivity contribution in [2.75, 3.05) is 5.32 Å². The molecule has 0 aliphatic heterocycles. The van der Waals surface area contributed by atoms with Crippen molar-refractivity contribution in [3.63, 3.8) is 0 Å². The van der Waals surface area contributed by atoms with Gasteiger partial charge in [-0.05, 0) is 49.2 Å². The second kappa shape index (κ2) is 5.70. The first-order valence-electron chi connectivity index (χ1n) is 6.33. The summed E-state index contributed by atoms with van der Waals surface area (Å²) in [6, 6.07) is 12.6. The molecule has 2 aromatic carbocycles. The summed E-state index contributed by atoms with van der Waals surface area (Å²) in [5.41, 5.74) is 3.60. The fraction of sp³-hybridized carbons (Fsp3) is 0.118. The summed E-state index contributed by atoms with van der Waals surface area (Å²) in [6.45, 7) is 7.11. The summed E-state index contributed by atoms with van der Waals surface area (Å²) >= 11 is 0. The van der Waals surface area contributed by atoms with Crippen LogP contribution in [-0.2, 0) is 0 Å². The van der Waals surface area contributed by atoms with E-state index in [-0.39, 0.29) is 11.7 Å². The molecule has 0 heterocycles. The van der Waals surface area contributed by atoms with Crippen LogP contribution in [0.3, 0.4) is 0 Å². The highest BCUT2D eigenvalue weighted by molar-refractivity contribution is 6.06. The van der Waals surface area contributed by atoms with Gasteiger partial charge in [0.1, 0.15) is 0 Å². The predicted molar refractivity (Wildman–Crippen MR) is 80.0 cm³/mol. The van der Waals surface area contributed by atoms with E-state index in [1.165, 1.54) is 0 Å². The number of hydrogen-bond donors (Lipinski definition) is 1. The zero-order valence-corrected chi connectivity index (χ0v) is 11.6. The van der Waals surface area contributed by atoms with Crippen molar-refractivity contribution in [3.05, 3.63) is 71.6 Å². The van der Waals surface area contributed by atoms with Gasteiger partial charge in [-0.3, -0.25) is 9.59 Å². The Balaban J connectivity index is 2.23. The van der Waals surface area contributed by atoms with Gasteiger partial charge in [0.2, 0.25) is 0 Å². The van der Waals surface area contributed by atoms with E-state index >= 15 is 0 Å². The Bertz CT molecular complexity index is 674. The van der Waals surface area contributed by atoms with Crippen molar-refractivity contribution in [2.24, 2.45) is 0 Å². The normalized spacial score (nSPS) is 10.2. The van der Waals surface area contributed by atoms with Gasteiger partial charge >= 0.3 is 0 Å². The molecule has 20 heavy (non-hydrogen) atoms. The van der Waals surface area contributed by atoms with Crippen LogP contribution in [0.1, 0.15) is 31.8 Å². The molecule has 0 spiro atoms. The van der Waals surface area contributed by atoms with Crippen LogP contribution < -0.4 is 5.32 Å². The highest BCUT2D eigenvalue weighted by atomic mass is 16.1. The van der Waals surface area contributed by atoms with E-state index in [9.17, 15) is 9.59 Å². The molecule has 0 aliphatic rings. The maximum Gasteiger partial charge on any atom is 0.255 e. The van der Waals surface area contributed by atoms with Gasteiger partial charge in [-0.2, -0.15) is 0 Å². The standard InChI is InChI=1S/C17H16NO2/c1-11-6-4-5-7-16(11)17(20)18-14-8-9-15(13(3)19)12(2)10-14/h4-10H,3H2,1-2H3,(H,18,20). The molecule has 101 valence electrons. The van der Waals surface area contributed by atoms with Gasteiger partial charge in [-0.25, -0.2) is 0 Å². The van der Waals surface area contributed by atoms with E-state index in [4.69, 9.17) is 0 Å². The third-order valence-electron chi connectivity index (χ3n) is 3.17. The lowest BCUT2D eigenvalue weighted by molar-refractivity contribution is 0.102. The van der Waals surface area contributed by atoms with Crippen molar-refractivity contribution in [1.29, 1.82) is 0 Å². The monoisotopic (exact) mass is 266 g/mol. The number of rotatable bonds is 3. The maximum absolute atomic E-state index is 12.2. The fourth-order valence-electron chi connectivity index (χ4n) is 2.08. The summed E-state index contributed by atoms with van der Waals surface area (Å²) < 4.78 is 0. The number of ketones is 1. The maximum atomic E-state index is 12.2. The highest BCUT2D eigenvalue weighted by Gasteiger charge is 2.10. The molecule has 0 aromatic heterocycles. The fourth-order valence-corrected chi connectivity index (χ4v) is 2.08. The first kappa shape index (κ1) is 14.0. The van der Waals surface area contributed by atoms with Gasteiger partial charge < -0.3 is 5.32 Å². The lowest BCUT2D eigenvalue weighted by Gasteiger charge is -2.09. The Hall–Kier alpha value is -2.42. The minimum Gasteiger partial charge on any atom is -0.322 e. The Morgan fingerprint density at radius 1 is 0.950 bits per heavy atom. The van der Waals surface area contributed by atoms with Crippen molar-refractivity contribution in [3.8, 4) is 0 Å². The number of Topliss-reactive ketones (excluding diaryl/α,β-unsaturated/α-hetero) is 1. The average molecular weight is 266 g/mol. The molecule has 2 rings (SSSR count). The van der Waals surface area contributed by atoms with Crippen LogP contribution >= 0.6 is 0 Å². The molecule has 3 heteroatoms. The minimum atomic E-state index is -0.223. The summed E-state index contributed by atoms with van der Waals surface area (Å²) in [5.74, 6) is -0.379. The highest BCUT2D eigenvalue weighted by Crippen LogP contribution is 2.17. The third-order valence-corrected chi connectivity index (χ3v) is 3.17. The molecule has 0 aliphatic carbocycles. The lowest BCUT2D eigenvalue weighted by Crippen LogP contribution is -2.13. The van der Waals surface area contributed by atoms with Crippen molar-refractivity contribution in [2.45, 2.75) is 13.8 Å². The van der Waals surface area contributed by atoms with Crippen LogP contribution in [0, 0.1) is 20.8 Å². The number of carbonyl (C=O) groups is 2. The summed E-state index contributed by atoms with van der Waals surface area (Å²) in [4.78, 5) is 23.4. The Labute approximate surface area is 118 Å². The first-order chi connectivity index (χ1) is 9.49. The second-order valence-electron chi connectivity index (χ2n) is 4.72. The molecule has 1 N–H and O–H groups in total. The summed E-state index contributed by atoms with van der Waals surface area (Å²) in [5, 5.41) is 2.84. The molecule has 0 fully saturated rings. The summed E-state index contributed by atoms with van der Waals surface area (Å²) in [6.07, 6.45) is 0. The van der Waals surface area contributed by atoms with Gasteiger partial charge in [0.25, 0.3) is 5.91 Å². The molecule has 0 atom stereocenters. The van der Waals surface area contributed by atoms with Crippen LogP contribution in [0.4, 0.5) is 5.69 Å². The third kappa shape index (κ3) is 2.94. The molecular weight excluding hydrogens is 250 g/mol.